The highest BCUT2D eigenvalue weighted by Gasteiger charge is 2.24. The standard InChI is InChI=1S/C32H22O12S3/c33-22-2-10-27(11-3-22)45(36,37)42-25-9-16-30-21(18-25)17-20-1-8-26(43-46(38,39)28-12-4-23(34)5-13-28)19-31(20)32(30)44-47(40,41)29-14-6-24(35)7-15-29/h1-19,33-35H. The van der Waals surface area contributed by atoms with Crippen LogP contribution in [0.2, 0.25) is 0 Å². The number of phenolic OH excluding ortho intramolecular Hbond substituents is 3. The molecule has 15 heteroatoms. The van der Waals surface area contributed by atoms with Crippen molar-refractivity contribution < 1.29 is 53.1 Å². The summed E-state index contributed by atoms with van der Waals surface area (Å²) in [6.07, 6.45) is 0. The van der Waals surface area contributed by atoms with Gasteiger partial charge in [-0.15, -0.1) is 0 Å². The van der Waals surface area contributed by atoms with Crippen molar-refractivity contribution in [3.8, 4) is 34.5 Å². The number of hydrogen-bond donors (Lipinski definition) is 3. The summed E-state index contributed by atoms with van der Waals surface area (Å²) in [5, 5.41) is 29.6. The van der Waals surface area contributed by atoms with Gasteiger partial charge in [0.15, 0.2) is 5.75 Å². The summed E-state index contributed by atoms with van der Waals surface area (Å²) in [5.74, 6) is -0.988. The molecule has 0 unspecified atom stereocenters. The van der Waals surface area contributed by atoms with Crippen molar-refractivity contribution in [1.29, 1.82) is 0 Å². The maximum atomic E-state index is 13.4. The van der Waals surface area contributed by atoms with Gasteiger partial charge in [-0.05, 0) is 120 Å². The lowest BCUT2D eigenvalue weighted by Gasteiger charge is -2.15. The van der Waals surface area contributed by atoms with Crippen molar-refractivity contribution in [2.45, 2.75) is 14.7 Å². The van der Waals surface area contributed by atoms with Crippen LogP contribution < -0.4 is 12.5 Å². The minimum absolute atomic E-state index is 0.114. The quantitative estimate of drug-likeness (QED) is 0.129. The fraction of sp³-hybridized carbons (Fsp3) is 0. The molecule has 6 aromatic rings. The Labute approximate surface area is 268 Å². The number of fused-ring (bicyclic) bond motifs is 2. The van der Waals surface area contributed by atoms with Crippen LogP contribution in [0.4, 0.5) is 0 Å². The van der Waals surface area contributed by atoms with Gasteiger partial charge < -0.3 is 27.9 Å². The monoisotopic (exact) mass is 694 g/mol. The molecule has 0 aliphatic rings. The molecule has 0 bridgehead atoms. The van der Waals surface area contributed by atoms with E-state index < -0.39 is 30.4 Å². The summed E-state index contributed by atoms with van der Waals surface area (Å²) in [5.41, 5.74) is 0. The SMILES string of the molecule is O=S(=O)(Oc1ccc2c(OS(=O)(=O)c3ccc(O)cc3)c3cc(OS(=O)(=O)c4ccc(O)cc4)ccc3cc2c1)c1ccc(O)cc1. The number of aromatic hydroxyl groups is 3. The fourth-order valence-electron chi connectivity index (χ4n) is 4.58. The Bertz CT molecular complexity index is 2480. The molecule has 0 aliphatic carbocycles. The van der Waals surface area contributed by atoms with Crippen LogP contribution in [-0.2, 0) is 30.4 Å². The fourth-order valence-corrected chi connectivity index (χ4v) is 7.39. The second-order valence-corrected chi connectivity index (χ2v) is 14.7. The van der Waals surface area contributed by atoms with Crippen LogP contribution in [0.3, 0.4) is 0 Å². The summed E-state index contributed by atoms with van der Waals surface area (Å²) in [6.45, 7) is 0. The molecule has 0 amide bonds. The van der Waals surface area contributed by atoms with E-state index in [0.29, 0.717) is 10.8 Å². The highest BCUT2D eigenvalue weighted by Crippen LogP contribution is 2.40. The van der Waals surface area contributed by atoms with Crippen molar-refractivity contribution in [3.05, 3.63) is 115 Å². The van der Waals surface area contributed by atoms with E-state index in [-0.39, 0.29) is 60.0 Å². The van der Waals surface area contributed by atoms with E-state index in [0.717, 1.165) is 36.4 Å². The Balaban J connectivity index is 1.46. The van der Waals surface area contributed by atoms with E-state index in [9.17, 15) is 40.6 Å². The maximum Gasteiger partial charge on any atom is 0.339 e. The Morgan fingerprint density at radius 1 is 0.383 bits per heavy atom. The van der Waals surface area contributed by atoms with E-state index in [1.165, 1.54) is 72.8 Å². The first-order valence-corrected chi connectivity index (χ1v) is 17.6. The molecule has 0 radical (unpaired) electrons. The van der Waals surface area contributed by atoms with Crippen molar-refractivity contribution in [1.82, 2.24) is 0 Å². The predicted molar refractivity (Wildman–Crippen MR) is 169 cm³/mol. The number of benzene rings is 6. The Morgan fingerprint density at radius 3 is 1.26 bits per heavy atom. The maximum absolute atomic E-state index is 13.4. The van der Waals surface area contributed by atoms with E-state index in [2.05, 4.69) is 0 Å². The molecule has 6 aromatic carbocycles. The first-order chi connectivity index (χ1) is 22.2. The van der Waals surface area contributed by atoms with Gasteiger partial charge in [-0.3, -0.25) is 0 Å². The van der Waals surface area contributed by atoms with Crippen LogP contribution in [0.25, 0.3) is 21.5 Å². The first-order valence-electron chi connectivity index (χ1n) is 13.4. The number of phenols is 3. The molecule has 0 fully saturated rings. The van der Waals surface area contributed by atoms with Crippen LogP contribution in [0, 0.1) is 0 Å². The normalized spacial score (nSPS) is 12.2. The number of hydrogen-bond acceptors (Lipinski definition) is 12. The Kier molecular flexibility index (Phi) is 7.83. The summed E-state index contributed by atoms with van der Waals surface area (Å²) >= 11 is 0. The molecule has 47 heavy (non-hydrogen) atoms. The summed E-state index contributed by atoms with van der Waals surface area (Å²) in [6, 6.07) is 23.6. The molecule has 0 saturated heterocycles. The van der Waals surface area contributed by atoms with E-state index in [1.54, 1.807) is 6.07 Å². The van der Waals surface area contributed by atoms with Crippen LogP contribution in [0.1, 0.15) is 0 Å². The smallest absolute Gasteiger partial charge is 0.339 e. The topological polar surface area (TPSA) is 191 Å². The Morgan fingerprint density at radius 2 is 0.787 bits per heavy atom. The van der Waals surface area contributed by atoms with Gasteiger partial charge in [0, 0.05) is 10.8 Å². The summed E-state index contributed by atoms with van der Waals surface area (Å²) < 4.78 is 94.6. The van der Waals surface area contributed by atoms with Crippen LogP contribution in [-0.4, -0.2) is 40.6 Å². The van der Waals surface area contributed by atoms with Gasteiger partial charge in [-0.2, -0.15) is 25.3 Å². The van der Waals surface area contributed by atoms with Gasteiger partial charge in [0.2, 0.25) is 0 Å². The van der Waals surface area contributed by atoms with Gasteiger partial charge in [0.25, 0.3) is 0 Å². The third-order valence-electron chi connectivity index (χ3n) is 6.83. The Hall–Kier alpha value is -5.51. The molecular formula is C32H22O12S3. The van der Waals surface area contributed by atoms with Gasteiger partial charge in [-0.1, -0.05) is 6.07 Å². The van der Waals surface area contributed by atoms with Crippen molar-refractivity contribution in [2.75, 3.05) is 0 Å². The van der Waals surface area contributed by atoms with Gasteiger partial charge in [-0.25, -0.2) is 0 Å². The molecule has 0 aliphatic heterocycles. The lowest BCUT2D eigenvalue weighted by atomic mass is 10.0. The lowest BCUT2D eigenvalue weighted by Crippen LogP contribution is -2.11. The molecule has 12 nitrogen and oxygen atoms in total. The zero-order valence-corrected chi connectivity index (χ0v) is 26.2. The average molecular weight is 695 g/mol. The summed E-state index contributed by atoms with van der Waals surface area (Å²) in [4.78, 5) is -0.745. The second-order valence-electron chi connectivity index (χ2n) is 10.1. The largest absolute Gasteiger partial charge is 0.508 e. The van der Waals surface area contributed by atoms with Crippen molar-refractivity contribution in [2.24, 2.45) is 0 Å². The van der Waals surface area contributed by atoms with E-state index >= 15 is 0 Å². The molecule has 0 saturated carbocycles. The molecule has 0 spiro atoms. The minimum atomic E-state index is -4.53. The van der Waals surface area contributed by atoms with E-state index in [4.69, 9.17) is 12.5 Å². The third-order valence-corrected chi connectivity index (χ3v) is 10.6. The van der Waals surface area contributed by atoms with Gasteiger partial charge in [0.05, 0.1) is 0 Å². The van der Waals surface area contributed by atoms with Crippen molar-refractivity contribution in [3.63, 3.8) is 0 Å². The lowest BCUT2D eigenvalue weighted by molar-refractivity contribution is 0.471. The third kappa shape index (κ3) is 6.58. The van der Waals surface area contributed by atoms with Crippen LogP contribution >= 0.6 is 0 Å². The number of rotatable bonds is 9. The highest BCUT2D eigenvalue weighted by molar-refractivity contribution is 7.87. The molecule has 240 valence electrons. The molecule has 0 heterocycles. The molecule has 0 aromatic heterocycles. The van der Waals surface area contributed by atoms with E-state index in [1.807, 2.05) is 0 Å². The minimum Gasteiger partial charge on any atom is -0.508 e. The molecule has 3 N–H and O–H groups in total. The first kappa shape index (κ1) is 31.5. The van der Waals surface area contributed by atoms with Crippen molar-refractivity contribution >= 4 is 51.9 Å². The van der Waals surface area contributed by atoms with Gasteiger partial charge in [0.1, 0.15) is 43.4 Å². The summed E-state index contributed by atoms with van der Waals surface area (Å²) in [7, 11) is -13.2. The average Bonchev–Trinajstić information content (AvgIpc) is 3.01. The van der Waals surface area contributed by atoms with Crippen LogP contribution in [0.15, 0.2) is 130 Å². The predicted octanol–water partition coefficient (Wildman–Crippen LogP) is 5.41. The van der Waals surface area contributed by atoms with Crippen LogP contribution in [0.5, 0.6) is 34.5 Å². The molecule has 0 atom stereocenters. The molecule has 6 rings (SSSR count). The highest BCUT2D eigenvalue weighted by atomic mass is 32.2. The zero-order chi connectivity index (χ0) is 33.6. The molecular weight excluding hydrogens is 673 g/mol. The second kappa shape index (κ2) is 11.7. The zero-order valence-electron chi connectivity index (χ0n) is 23.7. The van der Waals surface area contributed by atoms with Gasteiger partial charge >= 0.3 is 30.4 Å².